The number of para-hydroxylation sites is 1. The molecule has 3 N–H and O–H groups in total. The Kier molecular flexibility index (Phi) is 4.25. The van der Waals surface area contributed by atoms with Crippen LogP contribution in [0.1, 0.15) is 35.8 Å². The molecule has 0 unspecified atom stereocenters. The smallest absolute Gasteiger partial charge is 0.255 e. The summed E-state index contributed by atoms with van der Waals surface area (Å²) in [6.45, 7) is 4.00. The quantitative estimate of drug-likeness (QED) is 0.905. The molecule has 104 valence electrons. The second-order valence-corrected chi connectivity index (χ2v) is 5.20. The molecular weight excluding hydrogens is 274 g/mol. The predicted molar refractivity (Wildman–Crippen MR) is 82.1 cm³/mol. The number of hydrogen-bond acceptors (Lipinski definition) is 3. The Morgan fingerprint density at radius 3 is 2.65 bits per heavy atom. The number of pyridine rings is 1. The van der Waals surface area contributed by atoms with Crippen LogP contribution in [0.4, 0.5) is 11.5 Å². The minimum Gasteiger partial charge on any atom is -0.384 e. The van der Waals surface area contributed by atoms with E-state index in [1.165, 1.54) is 0 Å². The average Bonchev–Trinajstić information content (AvgIpc) is 2.40. The number of carbonyl (C=O) groups excluding carboxylic acids is 1. The fraction of sp³-hybridized carbons (Fsp3) is 0.200. The zero-order chi connectivity index (χ0) is 14.7. The van der Waals surface area contributed by atoms with E-state index in [0.717, 1.165) is 5.69 Å². The normalized spacial score (nSPS) is 10.6. The molecule has 0 aliphatic carbocycles. The van der Waals surface area contributed by atoms with E-state index in [4.69, 9.17) is 17.3 Å². The Bertz CT molecular complexity index is 641. The number of nitrogens with two attached hydrogens (primary N) is 1. The molecule has 0 saturated heterocycles. The lowest BCUT2D eigenvalue weighted by atomic mass is 10.1. The van der Waals surface area contributed by atoms with Crippen LogP contribution in [0.5, 0.6) is 0 Å². The van der Waals surface area contributed by atoms with Gasteiger partial charge in [0.25, 0.3) is 5.91 Å². The van der Waals surface area contributed by atoms with Crippen molar-refractivity contribution in [2.24, 2.45) is 0 Å². The van der Waals surface area contributed by atoms with Gasteiger partial charge in [-0.05, 0) is 30.2 Å². The number of nitrogen functional groups attached to an aromatic ring is 1. The van der Waals surface area contributed by atoms with Crippen molar-refractivity contribution in [1.29, 1.82) is 0 Å². The van der Waals surface area contributed by atoms with Crippen LogP contribution in [-0.2, 0) is 0 Å². The van der Waals surface area contributed by atoms with Crippen molar-refractivity contribution in [3.63, 3.8) is 0 Å². The number of anilines is 2. The molecular formula is C15H16ClN3O. The van der Waals surface area contributed by atoms with Gasteiger partial charge in [-0.25, -0.2) is 4.98 Å². The minimum atomic E-state index is -0.255. The van der Waals surface area contributed by atoms with Crippen LogP contribution in [0.25, 0.3) is 0 Å². The summed E-state index contributed by atoms with van der Waals surface area (Å²) in [5.41, 5.74) is 7.57. The monoisotopic (exact) mass is 289 g/mol. The van der Waals surface area contributed by atoms with Gasteiger partial charge in [-0.3, -0.25) is 4.79 Å². The van der Waals surface area contributed by atoms with Crippen molar-refractivity contribution in [2.75, 3.05) is 11.1 Å². The molecule has 1 aromatic carbocycles. The lowest BCUT2D eigenvalue weighted by molar-refractivity contribution is 0.102. The van der Waals surface area contributed by atoms with Crippen LogP contribution in [0.3, 0.4) is 0 Å². The third-order valence-corrected chi connectivity index (χ3v) is 3.17. The largest absolute Gasteiger partial charge is 0.384 e. The Morgan fingerprint density at radius 1 is 1.30 bits per heavy atom. The number of benzene rings is 1. The maximum atomic E-state index is 12.2. The van der Waals surface area contributed by atoms with Crippen molar-refractivity contribution in [2.45, 2.75) is 19.8 Å². The van der Waals surface area contributed by atoms with Gasteiger partial charge >= 0.3 is 0 Å². The highest BCUT2D eigenvalue weighted by atomic mass is 35.5. The van der Waals surface area contributed by atoms with Gasteiger partial charge in [0.2, 0.25) is 0 Å². The van der Waals surface area contributed by atoms with Gasteiger partial charge in [0, 0.05) is 11.3 Å². The zero-order valence-electron chi connectivity index (χ0n) is 11.4. The predicted octanol–water partition coefficient (Wildman–Crippen LogP) is 3.69. The summed E-state index contributed by atoms with van der Waals surface area (Å²) >= 11 is 6.02. The summed E-state index contributed by atoms with van der Waals surface area (Å²) in [4.78, 5) is 16.5. The molecule has 1 heterocycles. The van der Waals surface area contributed by atoms with Gasteiger partial charge in [0.1, 0.15) is 5.82 Å². The first kappa shape index (κ1) is 14.3. The molecule has 0 saturated carbocycles. The van der Waals surface area contributed by atoms with Gasteiger partial charge in [-0.15, -0.1) is 0 Å². The van der Waals surface area contributed by atoms with E-state index >= 15 is 0 Å². The molecule has 1 aromatic heterocycles. The third-order valence-electron chi connectivity index (χ3n) is 2.84. The summed E-state index contributed by atoms with van der Waals surface area (Å²) in [6.07, 6.45) is 0. The molecule has 0 bridgehead atoms. The first-order valence-electron chi connectivity index (χ1n) is 6.30. The number of nitrogens with zero attached hydrogens (tertiary/aromatic N) is 1. The fourth-order valence-corrected chi connectivity index (χ4v) is 1.94. The Morgan fingerprint density at radius 2 is 2.00 bits per heavy atom. The van der Waals surface area contributed by atoms with Gasteiger partial charge < -0.3 is 11.1 Å². The molecule has 0 atom stereocenters. The highest BCUT2D eigenvalue weighted by Gasteiger charge is 2.12. The molecule has 5 heteroatoms. The van der Waals surface area contributed by atoms with Crippen molar-refractivity contribution < 1.29 is 4.79 Å². The van der Waals surface area contributed by atoms with E-state index in [1.54, 1.807) is 30.3 Å². The SMILES string of the molecule is CC(C)c1cc(C(=O)Nc2ccccc2Cl)cc(N)n1. The Hall–Kier alpha value is -2.07. The Labute approximate surface area is 123 Å². The van der Waals surface area contributed by atoms with Crippen LogP contribution in [0, 0.1) is 0 Å². The summed E-state index contributed by atoms with van der Waals surface area (Å²) in [7, 11) is 0. The molecule has 0 spiro atoms. The van der Waals surface area contributed by atoms with Crippen molar-refractivity contribution in [3.8, 4) is 0 Å². The third kappa shape index (κ3) is 3.27. The first-order chi connectivity index (χ1) is 9.47. The maximum absolute atomic E-state index is 12.2. The number of amides is 1. The van der Waals surface area contributed by atoms with Crippen molar-refractivity contribution in [3.05, 3.63) is 52.7 Å². The van der Waals surface area contributed by atoms with Crippen LogP contribution >= 0.6 is 11.6 Å². The van der Waals surface area contributed by atoms with E-state index in [0.29, 0.717) is 22.1 Å². The van der Waals surface area contributed by atoms with E-state index in [1.807, 2.05) is 19.9 Å². The molecule has 0 aliphatic heterocycles. The lowest BCUT2D eigenvalue weighted by Crippen LogP contribution is -2.14. The molecule has 2 rings (SSSR count). The van der Waals surface area contributed by atoms with Crippen LogP contribution in [0.2, 0.25) is 5.02 Å². The number of rotatable bonds is 3. The topological polar surface area (TPSA) is 68.0 Å². The Balaban J connectivity index is 2.28. The number of carbonyl (C=O) groups is 1. The lowest BCUT2D eigenvalue weighted by Gasteiger charge is -2.10. The molecule has 1 amide bonds. The maximum Gasteiger partial charge on any atom is 0.255 e. The number of hydrogen-bond donors (Lipinski definition) is 2. The zero-order valence-corrected chi connectivity index (χ0v) is 12.1. The van der Waals surface area contributed by atoms with E-state index in [9.17, 15) is 4.79 Å². The molecule has 20 heavy (non-hydrogen) atoms. The van der Waals surface area contributed by atoms with Gasteiger partial charge in [0.15, 0.2) is 0 Å². The van der Waals surface area contributed by atoms with E-state index in [-0.39, 0.29) is 11.8 Å². The summed E-state index contributed by atoms with van der Waals surface area (Å²) in [5.74, 6) is 0.278. The standard InChI is InChI=1S/C15H16ClN3O/c1-9(2)13-7-10(8-14(17)18-13)15(20)19-12-6-4-3-5-11(12)16/h3-9H,1-2H3,(H2,17,18)(H,19,20). The van der Waals surface area contributed by atoms with Crippen LogP contribution in [0.15, 0.2) is 36.4 Å². The molecule has 4 nitrogen and oxygen atoms in total. The second kappa shape index (κ2) is 5.92. The highest BCUT2D eigenvalue weighted by molar-refractivity contribution is 6.33. The first-order valence-corrected chi connectivity index (χ1v) is 6.68. The summed E-state index contributed by atoms with van der Waals surface area (Å²) < 4.78 is 0. The molecule has 0 fully saturated rings. The number of aromatic nitrogens is 1. The van der Waals surface area contributed by atoms with Gasteiger partial charge in [0.05, 0.1) is 10.7 Å². The number of nitrogens with one attached hydrogen (secondary N) is 1. The highest BCUT2D eigenvalue weighted by Crippen LogP contribution is 2.22. The van der Waals surface area contributed by atoms with Crippen LogP contribution in [-0.4, -0.2) is 10.9 Å². The molecule has 0 radical (unpaired) electrons. The van der Waals surface area contributed by atoms with E-state index < -0.39 is 0 Å². The van der Waals surface area contributed by atoms with Gasteiger partial charge in [-0.1, -0.05) is 37.6 Å². The van der Waals surface area contributed by atoms with E-state index in [2.05, 4.69) is 10.3 Å². The van der Waals surface area contributed by atoms with Crippen molar-refractivity contribution >= 4 is 29.0 Å². The fourth-order valence-electron chi connectivity index (χ4n) is 1.76. The number of halogens is 1. The summed E-state index contributed by atoms with van der Waals surface area (Å²) in [5, 5.41) is 3.26. The molecule has 2 aromatic rings. The summed E-state index contributed by atoms with van der Waals surface area (Å²) in [6, 6.07) is 10.4. The minimum absolute atomic E-state index is 0.199. The van der Waals surface area contributed by atoms with Gasteiger partial charge in [-0.2, -0.15) is 0 Å². The van der Waals surface area contributed by atoms with Crippen molar-refractivity contribution in [1.82, 2.24) is 4.98 Å². The average molecular weight is 290 g/mol. The second-order valence-electron chi connectivity index (χ2n) is 4.79. The molecule has 0 aliphatic rings. The van der Waals surface area contributed by atoms with Crippen LogP contribution < -0.4 is 11.1 Å².